The number of nitrogens with one attached hydrogen (secondary N) is 1. The van der Waals surface area contributed by atoms with Crippen molar-refractivity contribution in [3.05, 3.63) is 69.1 Å². The van der Waals surface area contributed by atoms with Crippen LogP contribution in [-0.4, -0.2) is 23.2 Å². The van der Waals surface area contributed by atoms with Gasteiger partial charge in [-0.05, 0) is 54.3 Å². The highest BCUT2D eigenvalue weighted by atomic mass is 79.9. The van der Waals surface area contributed by atoms with Crippen molar-refractivity contribution in [1.29, 1.82) is 0 Å². The molecule has 0 saturated heterocycles. The number of ether oxygens (including phenoxy) is 1. The van der Waals surface area contributed by atoms with Crippen LogP contribution in [0.25, 0.3) is 0 Å². The monoisotopic (exact) mass is 443 g/mol. The van der Waals surface area contributed by atoms with E-state index in [0.717, 1.165) is 21.3 Å². The number of rotatable bonds is 4. The number of nitrogens with zero attached hydrogens (tertiary/aromatic N) is 2. The van der Waals surface area contributed by atoms with Crippen molar-refractivity contribution in [2.75, 3.05) is 12.4 Å². The topological polar surface area (TPSA) is 64.1 Å². The van der Waals surface area contributed by atoms with E-state index in [4.69, 9.17) is 4.74 Å². The van der Waals surface area contributed by atoms with Crippen LogP contribution in [0.3, 0.4) is 0 Å². The molecule has 1 heterocycles. The summed E-state index contributed by atoms with van der Waals surface area (Å²) in [7, 11) is 1.66. The molecular weight excluding hydrogens is 426 g/mol. The number of amides is 1. The fourth-order valence-electron chi connectivity index (χ4n) is 3.85. The minimum atomic E-state index is -0.645. The molecule has 138 valence electrons. The van der Waals surface area contributed by atoms with Crippen LogP contribution in [0.1, 0.15) is 29.5 Å². The standard InChI is InChI=1S/C20H18BrN3O2S/c1-20(18(25)23-19-24-22-11-27-19)10-13-5-8-15(26-2)9-16(13)17(20)12-3-6-14(21)7-4-12/h3-9,11,17H,10H2,1-2H3,(H,23,24,25)/t17-,20+/m0/s1. The lowest BCUT2D eigenvalue weighted by Crippen LogP contribution is -2.37. The number of methoxy groups -OCH3 is 1. The molecule has 1 aromatic heterocycles. The molecule has 2 atom stereocenters. The molecule has 27 heavy (non-hydrogen) atoms. The van der Waals surface area contributed by atoms with E-state index in [1.807, 2.05) is 31.2 Å². The zero-order valence-electron chi connectivity index (χ0n) is 14.9. The third-order valence-electron chi connectivity index (χ3n) is 5.16. The molecule has 1 N–H and O–H groups in total. The van der Waals surface area contributed by atoms with Crippen molar-refractivity contribution in [3.63, 3.8) is 0 Å². The lowest BCUT2D eigenvalue weighted by molar-refractivity contribution is -0.125. The highest BCUT2D eigenvalue weighted by Crippen LogP contribution is 2.52. The van der Waals surface area contributed by atoms with E-state index in [0.29, 0.717) is 11.6 Å². The summed E-state index contributed by atoms with van der Waals surface area (Å²) in [6.45, 7) is 2.02. The molecule has 4 rings (SSSR count). The summed E-state index contributed by atoms with van der Waals surface area (Å²) in [5.74, 6) is 0.663. The van der Waals surface area contributed by atoms with Crippen molar-refractivity contribution in [1.82, 2.24) is 10.2 Å². The second-order valence-electron chi connectivity index (χ2n) is 6.84. The van der Waals surface area contributed by atoms with Gasteiger partial charge in [0.25, 0.3) is 0 Å². The lowest BCUT2D eigenvalue weighted by Gasteiger charge is -2.31. The van der Waals surface area contributed by atoms with Gasteiger partial charge in [-0.25, -0.2) is 0 Å². The molecule has 1 aliphatic rings. The number of hydrogen-bond donors (Lipinski definition) is 1. The van der Waals surface area contributed by atoms with Crippen molar-refractivity contribution in [2.24, 2.45) is 5.41 Å². The predicted octanol–water partition coefficient (Wildman–Crippen LogP) is 4.64. The molecule has 0 unspecified atom stereocenters. The first kappa shape index (κ1) is 18.1. The van der Waals surface area contributed by atoms with Crippen molar-refractivity contribution >= 4 is 38.3 Å². The predicted molar refractivity (Wildman–Crippen MR) is 109 cm³/mol. The Kier molecular flexibility index (Phi) is 4.74. The van der Waals surface area contributed by atoms with Gasteiger partial charge >= 0.3 is 0 Å². The molecule has 7 heteroatoms. The fraction of sp³-hybridized carbons (Fsp3) is 0.250. The van der Waals surface area contributed by atoms with E-state index in [1.54, 1.807) is 12.6 Å². The molecule has 0 bridgehead atoms. The average molecular weight is 444 g/mol. The Hall–Kier alpha value is -2.25. The van der Waals surface area contributed by atoms with Crippen LogP contribution >= 0.6 is 27.3 Å². The summed E-state index contributed by atoms with van der Waals surface area (Å²) in [4.78, 5) is 13.3. The molecule has 0 fully saturated rings. The minimum Gasteiger partial charge on any atom is -0.497 e. The summed E-state index contributed by atoms with van der Waals surface area (Å²) < 4.78 is 6.44. The first-order valence-electron chi connectivity index (χ1n) is 8.51. The van der Waals surface area contributed by atoms with Crippen LogP contribution in [0.2, 0.25) is 0 Å². The van der Waals surface area contributed by atoms with Gasteiger partial charge in [-0.3, -0.25) is 4.79 Å². The van der Waals surface area contributed by atoms with Crippen molar-refractivity contribution in [3.8, 4) is 5.75 Å². The number of halogens is 1. The summed E-state index contributed by atoms with van der Waals surface area (Å²) in [6.07, 6.45) is 0.650. The van der Waals surface area contributed by atoms with Crippen LogP contribution in [-0.2, 0) is 11.2 Å². The zero-order valence-corrected chi connectivity index (χ0v) is 17.3. The number of aromatic nitrogens is 2. The molecule has 0 aliphatic heterocycles. The van der Waals surface area contributed by atoms with Gasteiger partial charge < -0.3 is 10.1 Å². The number of carbonyl (C=O) groups excluding carboxylic acids is 1. The Morgan fingerprint density at radius 1 is 1.30 bits per heavy atom. The second kappa shape index (κ2) is 7.05. The van der Waals surface area contributed by atoms with Gasteiger partial charge in [-0.2, -0.15) is 0 Å². The SMILES string of the molecule is COc1ccc2c(c1)[C@H](c1ccc(Br)cc1)[C@](C)(C(=O)Nc1nncs1)C2. The van der Waals surface area contributed by atoms with Gasteiger partial charge in [-0.1, -0.05) is 45.5 Å². The third-order valence-corrected chi connectivity index (χ3v) is 6.30. The van der Waals surface area contributed by atoms with E-state index < -0.39 is 5.41 Å². The largest absolute Gasteiger partial charge is 0.497 e. The Balaban J connectivity index is 1.80. The smallest absolute Gasteiger partial charge is 0.233 e. The summed E-state index contributed by atoms with van der Waals surface area (Å²) in [6, 6.07) is 14.2. The summed E-state index contributed by atoms with van der Waals surface area (Å²) in [5, 5.41) is 11.2. The molecule has 0 radical (unpaired) electrons. The number of anilines is 1. The van der Waals surface area contributed by atoms with E-state index >= 15 is 0 Å². The molecule has 5 nitrogen and oxygen atoms in total. The number of benzene rings is 2. The van der Waals surface area contributed by atoms with Gasteiger partial charge in [0.1, 0.15) is 11.3 Å². The Labute approximate surface area is 169 Å². The highest BCUT2D eigenvalue weighted by Gasteiger charge is 2.49. The van der Waals surface area contributed by atoms with E-state index in [9.17, 15) is 4.79 Å². The van der Waals surface area contributed by atoms with Crippen LogP contribution < -0.4 is 10.1 Å². The molecule has 2 aromatic carbocycles. The number of carbonyl (C=O) groups is 1. The minimum absolute atomic E-state index is 0.0534. The molecule has 0 spiro atoms. The Bertz CT molecular complexity index is 975. The maximum atomic E-state index is 13.3. The maximum Gasteiger partial charge on any atom is 0.233 e. The molecule has 3 aromatic rings. The summed E-state index contributed by atoms with van der Waals surface area (Å²) >= 11 is 4.81. The normalized spacial score (nSPS) is 20.9. The van der Waals surface area contributed by atoms with E-state index in [1.165, 1.54) is 16.9 Å². The lowest BCUT2D eigenvalue weighted by atomic mass is 9.73. The number of hydrogen-bond acceptors (Lipinski definition) is 5. The Morgan fingerprint density at radius 3 is 2.74 bits per heavy atom. The van der Waals surface area contributed by atoms with Gasteiger partial charge in [0.15, 0.2) is 0 Å². The quantitative estimate of drug-likeness (QED) is 0.637. The molecule has 1 aliphatic carbocycles. The molecule has 0 saturated carbocycles. The first-order chi connectivity index (χ1) is 13.0. The molecule has 1 amide bonds. The third kappa shape index (κ3) is 3.26. The van der Waals surface area contributed by atoms with E-state index in [2.05, 4.69) is 49.6 Å². The van der Waals surface area contributed by atoms with Crippen LogP contribution in [0.15, 0.2) is 52.4 Å². The maximum absolute atomic E-state index is 13.3. The van der Waals surface area contributed by atoms with Gasteiger partial charge in [0.05, 0.1) is 12.5 Å². The fourth-order valence-corrected chi connectivity index (χ4v) is 4.56. The van der Waals surface area contributed by atoms with E-state index in [-0.39, 0.29) is 11.8 Å². The second-order valence-corrected chi connectivity index (χ2v) is 8.59. The first-order valence-corrected chi connectivity index (χ1v) is 10.2. The van der Waals surface area contributed by atoms with Gasteiger partial charge in [0, 0.05) is 10.4 Å². The van der Waals surface area contributed by atoms with Crippen molar-refractivity contribution in [2.45, 2.75) is 19.3 Å². The highest BCUT2D eigenvalue weighted by molar-refractivity contribution is 9.10. The van der Waals surface area contributed by atoms with Crippen LogP contribution in [0.5, 0.6) is 5.75 Å². The number of fused-ring (bicyclic) bond motifs is 1. The Morgan fingerprint density at radius 2 is 2.07 bits per heavy atom. The van der Waals surface area contributed by atoms with Crippen molar-refractivity contribution < 1.29 is 9.53 Å². The average Bonchev–Trinajstić information content (AvgIpc) is 3.27. The van der Waals surface area contributed by atoms with Gasteiger partial charge in [0.2, 0.25) is 11.0 Å². The van der Waals surface area contributed by atoms with Crippen LogP contribution in [0, 0.1) is 5.41 Å². The van der Waals surface area contributed by atoms with Gasteiger partial charge in [-0.15, -0.1) is 10.2 Å². The molecular formula is C20H18BrN3O2S. The zero-order chi connectivity index (χ0) is 19.0. The van der Waals surface area contributed by atoms with Crippen LogP contribution in [0.4, 0.5) is 5.13 Å². The summed E-state index contributed by atoms with van der Waals surface area (Å²) in [5.41, 5.74) is 4.36.